The van der Waals surface area contributed by atoms with Crippen LogP contribution in [0.5, 0.6) is 5.75 Å². The molecule has 7 rings (SSSR count). The summed E-state index contributed by atoms with van der Waals surface area (Å²) in [7, 11) is 0. The van der Waals surface area contributed by atoms with Crippen LogP contribution in [0.25, 0.3) is 34.7 Å². The minimum Gasteiger partial charge on any atom is -0.493 e. The molecule has 0 bridgehead atoms. The molecule has 0 saturated carbocycles. The Hall–Kier alpha value is -6.94. The predicted molar refractivity (Wildman–Crippen MR) is 229 cm³/mol. The van der Waals surface area contributed by atoms with E-state index in [2.05, 4.69) is 41.5 Å². The van der Waals surface area contributed by atoms with E-state index in [0.29, 0.717) is 38.7 Å². The number of aryl methyl sites for hydroxylation is 1. The van der Waals surface area contributed by atoms with Crippen molar-refractivity contribution >= 4 is 41.5 Å². The lowest BCUT2D eigenvalue weighted by atomic mass is 10.00. The lowest BCUT2D eigenvalue weighted by Gasteiger charge is -2.27. The Morgan fingerprint density at radius 1 is 0.833 bits per heavy atom. The van der Waals surface area contributed by atoms with Crippen molar-refractivity contribution in [1.29, 1.82) is 0 Å². The number of aromatic nitrogens is 2. The first-order valence-electron chi connectivity index (χ1n) is 20.0. The Morgan fingerprint density at radius 3 is 2.43 bits per heavy atom. The number of nitrogens with zero attached hydrogens (tertiary/aromatic N) is 3. The average Bonchev–Trinajstić information content (AvgIpc) is 3.52. The highest BCUT2D eigenvalue weighted by Gasteiger charge is 2.45. The van der Waals surface area contributed by atoms with Crippen LogP contribution in [-0.2, 0) is 19.1 Å². The number of para-hydroxylation sites is 1. The molecule has 304 valence electrons. The fraction of sp³-hybridized carbons (Fsp3) is 0.250. The molecule has 0 aliphatic carbocycles. The second-order valence-corrected chi connectivity index (χ2v) is 14.2. The van der Waals surface area contributed by atoms with E-state index < -0.39 is 29.7 Å². The van der Waals surface area contributed by atoms with Gasteiger partial charge in [0.05, 0.1) is 48.9 Å². The number of nitrogens with one attached hydrogen (secondary N) is 2. The quantitative estimate of drug-likeness (QED) is 0.0609. The standard InChI is InChI=1S/C48H45N5O7/c1-3-23-60-41-17-8-7-14-37(41)44-32(2)28-36(31-51-44)45-35(19-18-33-11-5-4-6-12-33)29-34(30-50-45)13-10-24-58-26-27-59-25-22-49-39-16-9-15-38-43(39)48(57)53(47(38)56)40-20-21-42(54)52-46(40)55/h4-9,11-12,14-19,28-31,40,49H,3,20-27H2,1-2H3,(H,52,54,55)/b19-18+. The number of benzene rings is 3. The maximum Gasteiger partial charge on any atom is 0.264 e. The number of rotatable bonds is 16. The zero-order valence-corrected chi connectivity index (χ0v) is 33.5. The summed E-state index contributed by atoms with van der Waals surface area (Å²) >= 11 is 0. The van der Waals surface area contributed by atoms with Gasteiger partial charge >= 0.3 is 0 Å². The van der Waals surface area contributed by atoms with E-state index in [-0.39, 0.29) is 30.6 Å². The summed E-state index contributed by atoms with van der Waals surface area (Å²) in [5.74, 6) is 4.87. The largest absolute Gasteiger partial charge is 0.493 e. The molecule has 0 spiro atoms. The monoisotopic (exact) mass is 803 g/mol. The third-order valence-electron chi connectivity index (χ3n) is 9.94. The van der Waals surface area contributed by atoms with Crippen LogP contribution in [-0.4, -0.2) is 84.1 Å². The third kappa shape index (κ3) is 9.67. The van der Waals surface area contributed by atoms with Crippen LogP contribution in [0.15, 0.2) is 97.3 Å². The lowest BCUT2D eigenvalue weighted by Crippen LogP contribution is -2.54. The Bertz CT molecular complexity index is 2490. The third-order valence-corrected chi connectivity index (χ3v) is 9.94. The van der Waals surface area contributed by atoms with E-state index in [1.165, 1.54) is 0 Å². The van der Waals surface area contributed by atoms with Gasteiger partial charge in [-0.25, -0.2) is 0 Å². The van der Waals surface area contributed by atoms with Gasteiger partial charge in [-0.3, -0.25) is 39.4 Å². The molecule has 0 radical (unpaired) electrons. The highest BCUT2D eigenvalue weighted by molar-refractivity contribution is 6.25. The first-order chi connectivity index (χ1) is 29.3. The fourth-order valence-electron chi connectivity index (χ4n) is 7.06. The molecular weight excluding hydrogens is 759 g/mol. The van der Waals surface area contributed by atoms with Gasteiger partial charge in [-0.05, 0) is 67.3 Å². The lowest BCUT2D eigenvalue weighted by molar-refractivity contribution is -0.136. The number of amides is 4. The van der Waals surface area contributed by atoms with Gasteiger partial charge < -0.3 is 19.5 Å². The number of anilines is 1. The summed E-state index contributed by atoms with van der Waals surface area (Å²) in [4.78, 5) is 61.1. The Labute approximate surface area is 349 Å². The minimum absolute atomic E-state index is 0.0592. The van der Waals surface area contributed by atoms with Crippen molar-refractivity contribution in [1.82, 2.24) is 20.2 Å². The number of piperidine rings is 1. The maximum atomic E-state index is 13.3. The number of ether oxygens (including phenoxy) is 3. The van der Waals surface area contributed by atoms with Crippen LogP contribution in [0.3, 0.4) is 0 Å². The van der Waals surface area contributed by atoms with Crippen molar-refractivity contribution in [2.45, 2.75) is 39.2 Å². The van der Waals surface area contributed by atoms with Crippen LogP contribution >= 0.6 is 0 Å². The normalized spacial score (nSPS) is 14.8. The molecule has 12 heteroatoms. The molecule has 3 aromatic carbocycles. The van der Waals surface area contributed by atoms with E-state index in [1.54, 1.807) is 24.4 Å². The summed E-state index contributed by atoms with van der Waals surface area (Å²) in [6.45, 7) is 6.29. The smallest absolute Gasteiger partial charge is 0.264 e. The van der Waals surface area contributed by atoms with Gasteiger partial charge in [0.25, 0.3) is 11.8 Å². The number of imide groups is 2. The second kappa shape index (κ2) is 19.7. The van der Waals surface area contributed by atoms with Crippen LogP contribution in [0.2, 0.25) is 0 Å². The molecule has 12 nitrogen and oxygen atoms in total. The SMILES string of the molecule is CCCOc1ccccc1-c1ncc(-c2ncc(C#CCOCCOCCNc3cccc4c3C(=O)N(C3CCC(=O)NC3=O)C4=O)cc2/C=C/c2ccccc2)cc1C. The number of carbonyl (C=O) groups excluding carboxylic acids is 4. The van der Waals surface area contributed by atoms with Crippen molar-refractivity contribution in [3.05, 3.63) is 131 Å². The molecule has 1 saturated heterocycles. The first-order valence-corrected chi connectivity index (χ1v) is 20.0. The summed E-state index contributed by atoms with van der Waals surface area (Å²) in [5.41, 5.74) is 8.10. The van der Waals surface area contributed by atoms with Crippen LogP contribution < -0.4 is 15.4 Å². The van der Waals surface area contributed by atoms with Gasteiger partial charge in [0.15, 0.2) is 0 Å². The van der Waals surface area contributed by atoms with Gasteiger partial charge in [-0.15, -0.1) is 0 Å². The summed E-state index contributed by atoms with van der Waals surface area (Å²) < 4.78 is 17.4. The molecule has 2 N–H and O–H groups in total. The van der Waals surface area contributed by atoms with E-state index in [0.717, 1.165) is 61.8 Å². The molecule has 4 amide bonds. The molecule has 2 aliphatic heterocycles. The zero-order valence-electron chi connectivity index (χ0n) is 33.5. The van der Waals surface area contributed by atoms with Gasteiger partial charge in [0.2, 0.25) is 11.8 Å². The van der Waals surface area contributed by atoms with Crippen molar-refractivity contribution in [2.24, 2.45) is 0 Å². The predicted octanol–water partition coefficient (Wildman–Crippen LogP) is 6.98. The topological polar surface area (TPSA) is 149 Å². The summed E-state index contributed by atoms with van der Waals surface area (Å²) in [6, 6.07) is 26.1. The number of fused-ring (bicyclic) bond motifs is 1. The van der Waals surface area contributed by atoms with Gasteiger partial charge in [0.1, 0.15) is 18.4 Å². The number of hydrogen-bond acceptors (Lipinski definition) is 10. The Kier molecular flexibility index (Phi) is 13.5. The van der Waals surface area contributed by atoms with Crippen LogP contribution in [0.1, 0.15) is 69.2 Å². The molecule has 60 heavy (non-hydrogen) atoms. The Morgan fingerprint density at radius 2 is 1.62 bits per heavy atom. The molecule has 5 aromatic rings. The van der Waals surface area contributed by atoms with Gasteiger partial charge in [-0.2, -0.15) is 0 Å². The summed E-state index contributed by atoms with van der Waals surface area (Å²) in [6.07, 6.45) is 8.78. The van der Waals surface area contributed by atoms with E-state index >= 15 is 0 Å². The zero-order chi connectivity index (χ0) is 41.8. The van der Waals surface area contributed by atoms with Gasteiger partial charge in [-0.1, -0.05) is 79.4 Å². The van der Waals surface area contributed by atoms with E-state index in [4.69, 9.17) is 24.2 Å². The van der Waals surface area contributed by atoms with Crippen LogP contribution in [0, 0.1) is 18.8 Å². The molecule has 2 aromatic heterocycles. The van der Waals surface area contributed by atoms with E-state index in [1.807, 2.05) is 79.9 Å². The average molecular weight is 804 g/mol. The van der Waals surface area contributed by atoms with Crippen molar-refractivity contribution in [2.75, 3.05) is 44.9 Å². The van der Waals surface area contributed by atoms with Crippen molar-refractivity contribution in [3.8, 4) is 40.1 Å². The molecule has 2 aliphatic rings. The van der Waals surface area contributed by atoms with Gasteiger partial charge in [0, 0.05) is 53.3 Å². The summed E-state index contributed by atoms with van der Waals surface area (Å²) in [5, 5.41) is 5.37. The molecule has 1 atom stereocenters. The van der Waals surface area contributed by atoms with Crippen LogP contribution in [0.4, 0.5) is 5.69 Å². The number of carbonyl (C=O) groups is 4. The second-order valence-electron chi connectivity index (χ2n) is 14.2. The number of hydrogen-bond donors (Lipinski definition) is 2. The highest BCUT2D eigenvalue weighted by Crippen LogP contribution is 2.34. The molecule has 1 unspecified atom stereocenters. The van der Waals surface area contributed by atoms with E-state index in [9.17, 15) is 19.2 Å². The first kappa shape index (κ1) is 41.2. The molecular formula is C48H45N5O7. The highest BCUT2D eigenvalue weighted by atomic mass is 16.5. The minimum atomic E-state index is -1.02. The molecule has 1 fully saturated rings. The van der Waals surface area contributed by atoms with Crippen molar-refractivity contribution < 1.29 is 33.4 Å². The maximum absolute atomic E-state index is 13.3. The fourth-order valence-corrected chi connectivity index (χ4v) is 7.06. The number of pyridine rings is 2. The molecule has 4 heterocycles. The van der Waals surface area contributed by atoms with Crippen molar-refractivity contribution in [3.63, 3.8) is 0 Å². The Balaban J connectivity index is 0.925.